The zero-order valence-corrected chi connectivity index (χ0v) is 15.9. The summed E-state index contributed by atoms with van der Waals surface area (Å²) in [6.07, 6.45) is -4.62. The van der Waals surface area contributed by atoms with Crippen LogP contribution in [0.5, 0.6) is 0 Å². The van der Waals surface area contributed by atoms with Gasteiger partial charge in [-0.1, -0.05) is 35.5 Å². The van der Waals surface area contributed by atoms with E-state index in [9.17, 15) is 18.0 Å². The number of aryl methyl sites for hydroxylation is 1. The Balaban J connectivity index is 1.69. The average Bonchev–Trinajstić information content (AvgIpc) is 3.26. The lowest BCUT2D eigenvalue weighted by Gasteiger charge is -2.34. The quantitative estimate of drug-likeness (QED) is 0.752. The highest BCUT2D eigenvalue weighted by atomic mass is 19.4. The van der Waals surface area contributed by atoms with Crippen molar-refractivity contribution in [3.05, 3.63) is 47.6 Å². The van der Waals surface area contributed by atoms with Gasteiger partial charge in [0.1, 0.15) is 0 Å². The SMILES string of the molecule is Cc1nc(CCN(C)C(=O)C2(C(F)(F)F)CCN(Cc3ccccc3)C2)no1. The Morgan fingerprint density at radius 1 is 1.32 bits per heavy atom. The van der Waals surface area contributed by atoms with Gasteiger partial charge >= 0.3 is 6.18 Å². The third-order valence-electron chi connectivity index (χ3n) is 5.14. The molecule has 28 heavy (non-hydrogen) atoms. The van der Waals surface area contributed by atoms with E-state index in [-0.39, 0.29) is 32.5 Å². The molecule has 1 fully saturated rings. The van der Waals surface area contributed by atoms with E-state index in [0.717, 1.165) is 10.5 Å². The van der Waals surface area contributed by atoms with Gasteiger partial charge in [0.15, 0.2) is 11.2 Å². The van der Waals surface area contributed by atoms with Gasteiger partial charge in [0, 0.05) is 40.0 Å². The van der Waals surface area contributed by atoms with Gasteiger partial charge in [-0.05, 0) is 18.5 Å². The van der Waals surface area contributed by atoms with E-state index < -0.39 is 17.5 Å². The number of likely N-dealkylation sites (tertiary alicyclic amines) is 1. The Bertz CT molecular complexity index is 809. The Morgan fingerprint density at radius 2 is 2.04 bits per heavy atom. The predicted molar refractivity (Wildman–Crippen MR) is 95.2 cm³/mol. The third-order valence-corrected chi connectivity index (χ3v) is 5.14. The Hall–Kier alpha value is -2.42. The zero-order chi connectivity index (χ0) is 20.4. The van der Waals surface area contributed by atoms with Crippen molar-refractivity contribution in [2.45, 2.75) is 32.5 Å². The largest absolute Gasteiger partial charge is 0.404 e. The van der Waals surface area contributed by atoms with E-state index in [4.69, 9.17) is 4.52 Å². The second kappa shape index (κ2) is 7.90. The van der Waals surface area contributed by atoms with Crippen LogP contribution in [-0.4, -0.2) is 58.7 Å². The first-order chi connectivity index (χ1) is 13.2. The molecule has 2 aromatic rings. The van der Waals surface area contributed by atoms with Crippen LogP contribution in [0, 0.1) is 12.3 Å². The van der Waals surface area contributed by atoms with Gasteiger partial charge in [-0.25, -0.2) is 0 Å². The molecule has 1 saturated heterocycles. The predicted octanol–water partition coefficient (Wildman–Crippen LogP) is 2.83. The highest BCUT2D eigenvalue weighted by Crippen LogP contribution is 2.47. The summed E-state index contributed by atoms with van der Waals surface area (Å²) in [5.41, 5.74) is -1.46. The van der Waals surface area contributed by atoms with Crippen LogP contribution in [-0.2, 0) is 17.8 Å². The van der Waals surface area contributed by atoms with Crippen molar-refractivity contribution in [2.24, 2.45) is 5.41 Å². The number of hydrogen-bond acceptors (Lipinski definition) is 5. The molecule has 6 nitrogen and oxygen atoms in total. The highest BCUT2D eigenvalue weighted by Gasteiger charge is 2.63. The van der Waals surface area contributed by atoms with Gasteiger partial charge in [-0.15, -0.1) is 0 Å². The minimum Gasteiger partial charge on any atom is -0.344 e. The van der Waals surface area contributed by atoms with E-state index in [1.165, 1.54) is 7.05 Å². The van der Waals surface area contributed by atoms with E-state index >= 15 is 0 Å². The van der Waals surface area contributed by atoms with Crippen molar-refractivity contribution < 1.29 is 22.5 Å². The monoisotopic (exact) mass is 396 g/mol. The van der Waals surface area contributed by atoms with Crippen LogP contribution in [0.3, 0.4) is 0 Å². The molecule has 0 aliphatic carbocycles. The molecule has 1 aliphatic rings. The number of carbonyl (C=O) groups is 1. The van der Waals surface area contributed by atoms with Crippen molar-refractivity contribution in [1.29, 1.82) is 0 Å². The molecule has 9 heteroatoms. The number of carbonyl (C=O) groups excluding carboxylic acids is 1. The zero-order valence-electron chi connectivity index (χ0n) is 15.9. The van der Waals surface area contributed by atoms with Crippen LogP contribution in [0.2, 0.25) is 0 Å². The van der Waals surface area contributed by atoms with Crippen molar-refractivity contribution >= 4 is 5.91 Å². The van der Waals surface area contributed by atoms with Gasteiger partial charge in [0.05, 0.1) is 0 Å². The summed E-state index contributed by atoms with van der Waals surface area (Å²) in [6.45, 7) is 1.99. The van der Waals surface area contributed by atoms with E-state index in [1.54, 1.807) is 11.8 Å². The number of alkyl halides is 3. The number of amides is 1. The summed E-state index contributed by atoms with van der Waals surface area (Å²) >= 11 is 0. The first-order valence-electron chi connectivity index (χ1n) is 9.09. The molecule has 0 saturated carbocycles. The molecule has 0 N–H and O–H groups in total. The number of hydrogen-bond donors (Lipinski definition) is 0. The lowest BCUT2D eigenvalue weighted by molar-refractivity contribution is -0.223. The fourth-order valence-electron chi connectivity index (χ4n) is 3.57. The van der Waals surface area contributed by atoms with Gasteiger partial charge in [0.25, 0.3) is 0 Å². The maximum Gasteiger partial charge on any atom is 0.404 e. The minimum absolute atomic E-state index is 0.0916. The molecule has 0 bridgehead atoms. The van der Waals surface area contributed by atoms with Crippen LogP contribution in [0.4, 0.5) is 13.2 Å². The number of benzene rings is 1. The van der Waals surface area contributed by atoms with Gasteiger partial charge < -0.3 is 9.42 Å². The second-order valence-electron chi connectivity index (χ2n) is 7.23. The number of rotatable bonds is 6. The maximum atomic E-state index is 14.0. The lowest BCUT2D eigenvalue weighted by Crippen LogP contribution is -2.53. The van der Waals surface area contributed by atoms with Gasteiger partial charge in [-0.3, -0.25) is 9.69 Å². The fourth-order valence-corrected chi connectivity index (χ4v) is 3.57. The number of aromatic nitrogens is 2. The summed E-state index contributed by atoms with van der Waals surface area (Å²) in [4.78, 5) is 19.7. The first kappa shape index (κ1) is 20.3. The van der Waals surface area contributed by atoms with E-state index in [2.05, 4.69) is 10.1 Å². The summed E-state index contributed by atoms with van der Waals surface area (Å²) in [6, 6.07) is 9.29. The minimum atomic E-state index is -4.62. The Morgan fingerprint density at radius 3 is 2.64 bits per heavy atom. The number of nitrogens with zero attached hydrogens (tertiary/aromatic N) is 4. The molecule has 0 spiro atoms. The molecular weight excluding hydrogens is 373 g/mol. The average molecular weight is 396 g/mol. The van der Waals surface area contributed by atoms with Gasteiger partial charge in [-0.2, -0.15) is 18.2 Å². The molecule has 2 heterocycles. The molecule has 1 atom stereocenters. The van der Waals surface area contributed by atoms with Crippen LogP contribution in [0.1, 0.15) is 23.7 Å². The molecule has 1 aliphatic heterocycles. The molecule has 1 aromatic heterocycles. The van der Waals surface area contributed by atoms with Crippen molar-refractivity contribution in [2.75, 3.05) is 26.7 Å². The Labute approximate surface area is 161 Å². The Kier molecular flexibility index (Phi) is 5.74. The van der Waals surface area contributed by atoms with Crippen LogP contribution in [0.25, 0.3) is 0 Å². The summed E-state index contributed by atoms with van der Waals surface area (Å²) in [7, 11) is 1.39. The number of likely N-dealkylation sites (N-methyl/N-ethyl adjacent to an activating group) is 1. The van der Waals surface area contributed by atoms with E-state index in [0.29, 0.717) is 18.3 Å². The van der Waals surface area contributed by atoms with Gasteiger partial charge in [0.2, 0.25) is 11.8 Å². The smallest absolute Gasteiger partial charge is 0.344 e. The topological polar surface area (TPSA) is 62.5 Å². The molecule has 1 unspecified atom stereocenters. The molecule has 1 aromatic carbocycles. The molecule has 152 valence electrons. The highest BCUT2D eigenvalue weighted by molar-refractivity contribution is 5.84. The normalized spacial score (nSPS) is 20.5. The standard InChI is InChI=1S/C19H23F3N4O2/c1-14-23-16(24-28-14)8-10-25(2)17(27)18(19(20,21)22)9-11-26(13-18)12-15-6-4-3-5-7-15/h3-7H,8-13H2,1-2H3. The lowest BCUT2D eigenvalue weighted by atomic mass is 9.84. The van der Waals surface area contributed by atoms with Crippen molar-refractivity contribution in [3.8, 4) is 0 Å². The summed E-state index contributed by atoms with van der Waals surface area (Å²) in [5.74, 6) is -0.158. The fraction of sp³-hybridized carbons (Fsp3) is 0.526. The molecule has 1 amide bonds. The third kappa shape index (κ3) is 4.19. The number of halogens is 3. The van der Waals surface area contributed by atoms with Crippen molar-refractivity contribution in [1.82, 2.24) is 19.9 Å². The van der Waals surface area contributed by atoms with Crippen molar-refractivity contribution in [3.63, 3.8) is 0 Å². The first-order valence-corrected chi connectivity index (χ1v) is 9.09. The summed E-state index contributed by atoms with van der Waals surface area (Å²) < 4.78 is 46.8. The molecular formula is C19H23F3N4O2. The molecule has 0 radical (unpaired) electrons. The van der Waals surface area contributed by atoms with Crippen LogP contribution in [0.15, 0.2) is 34.9 Å². The van der Waals surface area contributed by atoms with Crippen LogP contribution < -0.4 is 0 Å². The maximum absolute atomic E-state index is 14.0. The summed E-state index contributed by atoms with van der Waals surface area (Å²) in [5, 5.41) is 3.72. The second-order valence-corrected chi connectivity index (χ2v) is 7.23. The molecule has 3 rings (SSSR count). The van der Waals surface area contributed by atoms with Crippen LogP contribution >= 0.6 is 0 Å². The van der Waals surface area contributed by atoms with E-state index in [1.807, 2.05) is 30.3 Å².